The van der Waals surface area contributed by atoms with Gasteiger partial charge in [0, 0.05) is 12.0 Å². The molecule has 1 aromatic heterocycles. The highest BCUT2D eigenvalue weighted by molar-refractivity contribution is 7.21. The second kappa shape index (κ2) is 7.10. The van der Waals surface area contributed by atoms with Crippen molar-refractivity contribution in [2.75, 3.05) is 7.11 Å². The van der Waals surface area contributed by atoms with Crippen molar-refractivity contribution in [3.8, 4) is 16.3 Å². The van der Waals surface area contributed by atoms with E-state index in [1.807, 2.05) is 60.7 Å². The lowest BCUT2D eigenvalue weighted by atomic mass is 10.0. The van der Waals surface area contributed by atoms with Gasteiger partial charge in [-0.2, -0.15) is 0 Å². The van der Waals surface area contributed by atoms with Gasteiger partial charge in [-0.3, -0.25) is 4.79 Å². The Hall–Kier alpha value is -2.98. The molecule has 0 unspecified atom stereocenters. The summed E-state index contributed by atoms with van der Waals surface area (Å²) < 4.78 is 6.47. The summed E-state index contributed by atoms with van der Waals surface area (Å²) in [4.78, 5) is 17.4. The van der Waals surface area contributed by atoms with E-state index < -0.39 is 0 Å². The van der Waals surface area contributed by atoms with Crippen LogP contribution in [0.2, 0.25) is 0 Å². The summed E-state index contributed by atoms with van der Waals surface area (Å²) in [6, 6.07) is 23.5. The molecule has 1 heterocycles. The van der Waals surface area contributed by atoms with E-state index >= 15 is 0 Å². The van der Waals surface area contributed by atoms with Crippen molar-refractivity contribution in [3.05, 3.63) is 83.9 Å². The molecule has 0 amide bonds. The van der Waals surface area contributed by atoms with Crippen molar-refractivity contribution in [1.29, 1.82) is 0 Å². The number of methoxy groups -OCH3 is 1. The molecule has 0 saturated heterocycles. The quantitative estimate of drug-likeness (QED) is 0.448. The molecule has 0 atom stereocenters. The Morgan fingerprint density at radius 2 is 1.81 bits per heavy atom. The minimum atomic E-state index is 0.0453. The Morgan fingerprint density at radius 1 is 1.00 bits per heavy atom. The van der Waals surface area contributed by atoms with E-state index in [0.717, 1.165) is 26.4 Å². The van der Waals surface area contributed by atoms with Crippen LogP contribution in [-0.4, -0.2) is 17.9 Å². The highest BCUT2D eigenvalue weighted by Crippen LogP contribution is 2.30. The maximum absolute atomic E-state index is 12.7. The van der Waals surface area contributed by atoms with Crippen molar-refractivity contribution in [1.82, 2.24) is 4.98 Å². The topological polar surface area (TPSA) is 39.2 Å². The summed E-state index contributed by atoms with van der Waals surface area (Å²) in [6.07, 6.45) is 0.332. The van der Waals surface area contributed by atoms with E-state index in [1.54, 1.807) is 24.5 Å². The second-order valence-corrected chi connectivity index (χ2v) is 7.02. The van der Waals surface area contributed by atoms with Crippen LogP contribution in [0, 0.1) is 0 Å². The summed E-state index contributed by atoms with van der Waals surface area (Å²) >= 11 is 1.66. The molecule has 4 rings (SSSR count). The van der Waals surface area contributed by atoms with Crippen molar-refractivity contribution in [2.24, 2.45) is 0 Å². The summed E-state index contributed by atoms with van der Waals surface area (Å²) in [5, 5.41) is 0.970. The van der Waals surface area contributed by atoms with Gasteiger partial charge < -0.3 is 4.74 Å². The van der Waals surface area contributed by atoms with E-state index in [2.05, 4.69) is 6.07 Å². The van der Waals surface area contributed by atoms with Crippen molar-refractivity contribution in [2.45, 2.75) is 6.42 Å². The average molecular weight is 359 g/mol. The number of thiazole rings is 1. The largest absolute Gasteiger partial charge is 0.496 e. The van der Waals surface area contributed by atoms with Gasteiger partial charge in [0.2, 0.25) is 0 Å². The van der Waals surface area contributed by atoms with Crippen LogP contribution in [0.15, 0.2) is 72.8 Å². The first-order chi connectivity index (χ1) is 12.7. The summed E-state index contributed by atoms with van der Waals surface area (Å²) in [6.45, 7) is 0. The number of hydrogen-bond acceptors (Lipinski definition) is 4. The van der Waals surface area contributed by atoms with E-state index in [9.17, 15) is 4.79 Å². The third kappa shape index (κ3) is 3.24. The molecule has 0 saturated carbocycles. The number of carbonyl (C=O) groups is 1. The van der Waals surface area contributed by atoms with Crippen molar-refractivity contribution in [3.63, 3.8) is 0 Å². The molecule has 0 radical (unpaired) electrons. The predicted octanol–water partition coefficient (Wildman–Crippen LogP) is 5.40. The molecule has 0 N–H and O–H groups in total. The number of hydrogen-bond donors (Lipinski definition) is 0. The van der Waals surface area contributed by atoms with Crippen molar-refractivity contribution < 1.29 is 9.53 Å². The molecular formula is C22H17NO2S. The van der Waals surface area contributed by atoms with E-state index in [4.69, 9.17) is 9.72 Å². The molecule has 0 spiro atoms. The monoisotopic (exact) mass is 359 g/mol. The molecule has 3 nitrogen and oxygen atoms in total. The first kappa shape index (κ1) is 16.5. The van der Waals surface area contributed by atoms with Gasteiger partial charge in [0.15, 0.2) is 5.78 Å². The lowest BCUT2D eigenvalue weighted by molar-refractivity contribution is 0.0990. The Labute approximate surface area is 155 Å². The molecule has 0 aliphatic rings. The number of rotatable bonds is 5. The van der Waals surface area contributed by atoms with Crippen LogP contribution < -0.4 is 4.74 Å². The van der Waals surface area contributed by atoms with Gasteiger partial charge in [-0.25, -0.2) is 4.98 Å². The number of fused-ring (bicyclic) bond motifs is 1. The number of ether oxygens (including phenoxy) is 1. The zero-order valence-electron chi connectivity index (χ0n) is 14.3. The molecule has 4 heteroatoms. The normalized spacial score (nSPS) is 10.8. The third-order valence-electron chi connectivity index (χ3n) is 4.24. The van der Waals surface area contributed by atoms with Crippen LogP contribution in [0.4, 0.5) is 0 Å². The molecular weight excluding hydrogens is 342 g/mol. The molecule has 128 valence electrons. The van der Waals surface area contributed by atoms with Crippen molar-refractivity contribution >= 4 is 27.3 Å². The van der Waals surface area contributed by atoms with Gasteiger partial charge in [-0.05, 0) is 35.9 Å². The Morgan fingerprint density at radius 3 is 2.65 bits per heavy atom. The third-order valence-corrected chi connectivity index (χ3v) is 5.33. The van der Waals surface area contributed by atoms with Crippen LogP contribution in [0.25, 0.3) is 20.8 Å². The fraction of sp³-hybridized carbons (Fsp3) is 0.0909. The smallest absolute Gasteiger partial charge is 0.170 e. The fourth-order valence-electron chi connectivity index (χ4n) is 2.97. The first-order valence-electron chi connectivity index (χ1n) is 8.36. The van der Waals surface area contributed by atoms with E-state index in [1.165, 1.54) is 0 Å². The van der Waals surface area contributed by atoms with Crippen LogP contribution >= 0.6 is 11.3 Å². The lowest BCUT2D eigenvalue weighted by Crippen LogP contribution is -2.05. The summed E-state index contributed by atoms with van der Waals surface area (Å²) in [5.74, 6) is 0.656. The number of benzene rings is 3. The molecule has 0 aliphatic carbocycles. The lowest BCUT2D eigenvalue weighted by Gasteiger charge is -2.08. The first-order valence-corrected chi connectivity index (χ1v) is 9.17. The predicted molar refractivity (Wildman–Crippen MR) is 106 cm³/mol. The number of ketones is 1. The van der Waals surface area contributed by atoms with Crippen LogP contribution in [-0.2, 0) is 6.42 Å². The number of nitrogens with zero attached hydrogens (tertiary/aromatic N) is 1. The standard InChI is InChI=1S/C22H17NO2S/c1-25-20-11-4-2-9-17(20)19(24)14-15-7-6-8-16(13-15)22-23-18-10-3-5-12-21(18)26-22/h2-13H,14H2,1H3. The number of Topliss-reactive ketones (excluding diaryl/α,β-unsaturated/α-hetero) is 1. The minimum absolute atomic E-state index is 0.0453. The molecule has 26 heavy (non-hydrogen) atoms. The highest BCUT2D eigenvalue weighted by atomic mass is 32.1. The average Bonchev–Trinajstić information content (AvgIpc) is 3.12. The van der Waals surface area contributed by atoms with Gasteiger partial charge >= 0.3 is 0 Å². The Balaban J connectivity index is 1.62. The summed E-state index contributed by atoms with van der Waals surface area (Å²) in [5.41, 5.74) is 3.62. The maximum Gasteiger partial charge on any atom is 0.170 e. The molecule has 0 bridgehead atoms. The maximum atomic E-state index is 12.7. The number of para-hydroxylation sites is 2. The van der Waals surface area contributed by atoms with Crippen LogP contribution in [0.3, 0.4) is 0 Å². The van der Waals surface area contributed by atoms with Crippen LogP contribution in [0.5, 0.6) is 5.75 Å². The van der Waals surface area contributed by atoms with Gasteiger partial charge in [0.1, 0.15) is 10.8 Å². The summed E-state index contributed by atoms with van der Waals surface area (Å²) in [7, 11) is 1.58. The number of aromatic nitrogens is 1. The highest BCUT2D eigenvalue weighted by Gasteiger charge is 2.13. The molecule has 0 fully saturated rings. The zero-order valence-corrected chi connectivity index (χ0v) is 15.1. The van der Waals surface area contributed by atoms with E-state index in [-0.39, 0.29) is 5.78 Å². The molecule has 3 aromatic carbocycles. The second-order valence-electron chi connectivity index (χ2n) is 5.99. The Kier molecular flexibility index (Phi) is 4.50. The van der Waals surface area contributed by atoms with Gasteiger partial charge in [0.25, 0.3) is 0 Å². The SMILES string of the molecule is COc1ccccc1C(=O)Cc1cccc(-c2nc3ccccc3s2)c1. The minimum Gasteiger partial charge on any atom is -0.496 e. The van der Waals surface area contributed by atoms with Crippen LogP contribution in [0.1, 0.15) is 15.9 Å². The van der Waals surface area contributed by atoms with Gasteiger partial charge in [-0.15, -0.1) is 11.3 Å². The molecule has 4 aromatic rings. The fourth-order valence-corrected chi connectivity index (χ4v) is 3.93. The van der Waals surface area contributed by atoms with E-state index in [0.29, 0.717) is 17.7 Å². The van der Waals surface area contributed by atoms with Gasteiger partial charge in [-0.1, -0.05) is 42.5 Å². The van der Waals surface area contributed by atoms with Gasteiger partial charge in [0.05, 0.1) is 22.9 Å². The number of carbonyl (C=O) groups excluding carboxylic acids is 1. The Bertz CT molecular complexity index is 1050. The zero-order chi connectivity index (χ0) is 17.9. The molecule has 0 aliphatic heterocycles.